The first-order valence-electron chi connectivity index (χ1n) is 10.3. The lowest BCUT2D eigenvalue weighted by molar-refractivity contribution is -0.141. The summed E-state index contributed by atoms with van der Waals surface area (Å²) in [6.07, 6.45) is 14.8. The highest BCUT2D eigenvalue weighted by Gasteiger charge is 2.24. The molecule has 0 radical (unpaired) electrons. The van der Waals surface area contributed by atoms with Crippen LogP contribution in [0.5, 0.6) is 0 Å². The van der Waals surface area contributed by atoms with E-state index in [1.165, 1.54) is 58.3 Å². The Hall–Kier alpha value is -1.41. The molecular formula is C20H36O7S. The van der Waals surface area contributed by atoms with E-state index >= 15 is 0 Å². The van der Waals surface area contributed by atoms with Crippen molar-refractivity contribution in [3.63, 3.8) is 0 Å². The zero-order chi connectivity index (χ0) is 21.3. The van der Waals surface area contributed by atoms with Gasteiger partial charge in [-0.25, -0.2) is 9.59 Å². The number of esters is 2. The van der Waals surface area contributed by atoms with Gasteiger partial charge in [0.2, 0.25) is 5.44 Å². The third-order valence-corrected chi connectivity index (χ3v) is 5.35. The quantitative estimate of drug-likeness (QED) is 0.159. The van der Waals surface area contributed by atoms with Gasteiger partial charge >= 0.3 is 22.1 Å². The Balaban J connectivity index is 3.69. The molecule has 0 aliphatic rings. The van der Waals surface area contributed by atoms with E-state index in [2.05, 4.69) is 11.7 Å². The first kappa shape index (κ1) is 26.6. The molecule has 8 heteroatoms. The molecule has 0 aromatic carbocycles. The van der Waals surface area contributed by atoms with E-state index in [9.17, 15) is 18.0 Å². The fourth-order valence-electron chi connectivity index (χ4n) is 2.65. The summed E-state index contributed by atoms with van der Waals surface area (Å²) < 4.78 is 40.3. The van der Waals surface area contributed by atoms with Crippen LogP contribution in [0, 0.1) is 0 Å². The van der Waals surface area contributed by atoms with Crippen molar-refractivity contribution in [1.29, 1.82) is 0 Å². The zero-order valence-electron chi connectivity index (χ0n) is 17.2. The van der Waals surface area contributed by atoms with Gasteiger partial charge in [-0.15, -0.1) is 0 Å². The summed E-state index contributed by atoms with van der Waals surface area (Å²) >= 11 is 0. The molecule has 0 spiro atoms. The van der Waals surface area contributed by atoms with Crippen molar-refractivity contribution in [3.05, 3.63) is 12.2 Å². The highest BCUT2D eigenvalue weighted by atomic mass is 32.2. The predicted octanol–water partition coefficient (Wildman–Crippen LogP) is 4.56. The predicted molar refractivity (Wildman–Crippen MR) is 108 cm³/mol. The summed E-state index contributed by atoms with van der Waals surface area (Å²) in [5.74, 6) is -1.72. The van der Waals surface area contributed by atoms with Crippen molar-refractivity contribution in [3.8, 4) is 0 Å². The van der Waals surface area contributed by atoms with Gasteiger partial charge in [0.25, 0.3) is 0 Å². The largest absolute Gasteiger partial charge is 0.463 e. The molecule has 0 heterocycles. The molecule has 0 saturated heterocycles. The molecular weight excluding hydrogens is 384 g/mol. The molecule has 7 nitrogen and oxygen atoms in total. The normalized spacial score (nSPS) is 12.8. The molecule has 1 unspecified atom stereocenters. The molecule has 1 N–H and O–H groups in total. The number of rotatable bonds is 17. The monoisotopic (exact) mass is 420 g/mol. The van der Waals surface area contributed by atoms with Crippen LogP contribution in [0.1, 0.15) is 90.9 Å². The Morgan fingerprint density at radius 2 is 1.29 bits per heavy atom. The van der Waals surface area contributed by atoms with Crippen molar-refractivity contribution < 1.29 is 32.0 Å². The van der Waals surface area contributed by atoms with E-state index in [1.54, 1.807) is 0 Å². The van der Waals surface area contributed by atoms with E-state index in [1.807, 2.05) is 0 Å². The van der Waals surface area contributed by atoms with Crippen molar-refractivity contribution in [1.82, 2.24) is 0 Å². The van der Waals surface area contributed by atoms with Gasteiger partial charge < -0.3 is 9.47 Å². The van der Waals surface area contributed by atoms with Crippen LogP contribution < -0.4 is 0 Å². The first-order valence-corrected chi connectivity index (χ1v) is 11.8. The van der Waals surface area contributed by atoms with Gasteiger partial charge in [-0.3, -0.25) is 4.55 Å². The third kappa shape index (κ3) is 15.6. The number of unbranched alkanes of at least 4 members (excludes halogenated alkanes) is 10. The van der Waals surface area contributed by atoms with E-state index in [-0.39, 0.29) is 13.0 Å². The second-order valence-electron chi connectivity index (χ2n) is 6.83. The lowest BCUT2D eigenvalue weighted by Crippen LogP contribution is -2.25. The van der Waals surface area contributed by atoms with Crippen LogP contribution in [0.25, 0.3) is 0 Å². The Labute approximate surface area is 169 Å². The summed E-state index contributed by atoms with van der Waals surface area (Å²) in [5, 5.41) is 0. The second kappa shape index (κ2) is 16.5. The molecule has 0 rings (SSSR count). The number of hydrogen-bond acceptors (Lipinski definition) is 6. The van der Waals surface area contributed by atoms with Gasteiger partial charge in [0.05, 0.1) is 6.61 Å². The second-order valence-corrected chi connectivity index (χ2v) is 8.38. The molecule has 164 valence electrons. The average Bonchev–Trinajstić information content (AvgIpc) is 2.64. The number of ether oxygens (including phenoxy) is 2. The number of hydrogen-bond donors (Lipinski definition) is 1. The molecule has 0 bridgehead atoms. The first-order chi connectivity index (χ1) is 13.3. The Morgan fingerprint density at radius 1 is 0.821 bits per heavy atom. The van der Waals surface area contributed by atoms with Gasteiger partial charge in [0, 0.05) is 12.2 Å². The Kier molecular flexibility index (Phi) is 15.7. The van der Waals surface area contributed by atoms with Gasteiger partial charge in [-0.1, -0.05) is 78.1 Å². The molecule has 0 aliphatic heterocycles. The minimum Gasteiger partial charge on any atom is -0.463 e. The van der Waals surface area contributed by atoms with Gasteiger partial charge in [0.1, 0.15) is 0 Å². The summed E-state index contributed by atoms with van der Waals surface area (Å²) in [6, 6.07) is 0. The molecule has 28 heavy (non-hydrogen) atoms. The molecule has 1 atom stereocenters. The van der Waals surface area contributed by atoms with Crippen LogP contribution in [0.2, 0.25) is 0 Å². The van der Waals surface area contributed by atoms with Crippen molar-refractivity contribution in [2.45, 2.75) is 96.3 Å². The summed E-state index contributed by atoms with van der Waals surface area (Å²) in [4.78, 5) is 22.9. The Bertz CT molecular complexity index is 555. The maximum Gasteiger partial charge on any atom is 0.332 e. The van der Waals surface area contributed by atoms with Crippen molar-refractivity contribution in [2.24, 2.45) is 0 Å². The van der Waals surface area contributed by atoms with Crippen molar-refractivity contribution in [2.75, 3.05) is 6.61 Å². The molecule has 0 aromatic heterocycles. The van der Waals surface area contributed by atoms with Crippen LogP contribution >= 0.6 is 0 Å². The molecule has 0 saturated carbocycles. The number of carbonyl (C=O) groups is 2. The lowest BCUT2D eigenvalue weighted by Gasteiger charge is -2.10. The lowest BCUT2D eigenvalue weighted by atomic mass is 10.1. The van der Waals surface area contributed by atoms with E-state index < -0.39 is 27.5 Å². The number of carbonyl (C=O) groups excluding carboxylic acids is 2. The fourth-order valence-corrected chi connectivity index (χ4v) is 3.28. The van der Waals surface area contributed by atoms with E-state index in [4.69, 9.17) is 9.29 Å². The maximum absolute atomic E-state index is 11.5. The zero-order valence-corrected chi connectivity index (χ0v) is 18.0. The molecule has 0 aliphatic carbocycles. The minimum absolute atomic E-state index is 0.0955. The van der Waals surface area contributed by atoms with E-state index in [0.717, 1.165) is 31.4 Å². The smallest absolute Gasteiger partial charge is 0.332 e. The highest BCUT2D eigenvalue weighted by Crippen LogP contribution is 2.11. The van der Waals surface area contributed by atoms with Gasteiger partial charge in [-0.05, 0) is 12.8 Å². The maximum atomic E-state index is 11.5. The molecule has 0 amide bonds. The molecule has 0 fully saturated rings. The third-order valence-electron chi connectivity index (χ3n) is 4.26. The van der Waals surface area contributed by atoms with Gasteiger partial charge in [0.15, 0.2) is 0 Å². The van der Waals surface area contributed by atoms with Crippen LogP contribution in [0.4, 0.5) is 0 Å². The summed E-state index contributed by atoms with van der Waals surface area (Å²) in [5.41, 5.74) is -1.64. The van der Waals surface area contributed by atoms with E-state index in [0.29, 0.717) is 0 Å². The average molecular weight is 421 g/mol. The Morgan fingerprint density at radius 3 is 1.75 bits per heavy atom. The topological polar surface area (TPSA) is 107 Å². The molecule has 0 aromatic rings. The van der Waals surface area contributed by atoms with Gasteiger partial charge in [-0.2, -0.15) is 8.42 Å². The fraction of sp³-hybridized carbons (Fsp3) is 0.800. The van der Waals surface area contributed by atoms with Crippen LogP contribution in [0.3, 0.4) is 0 Å². The SMILES string of the molecule is CCCCCCCCCCCCCOC(=O)/C=C\C(=O)OC(CC)S(=O)(=O)O. The van der Waals surface area contributed by atoms with Crippen LogP contribution in [-0.4, -0.2) is 37.0 Å². The van der Waals surface area contributed by atoms with Crippen molar-refractivity contribution >= 4 is 22.1 Å². The summed E-state index contributed by atoms with van der Waals surface area (Å²) in [6.45, 7) is 3.94. The minimum atomic E-state index is -4.48. The highest BCUT2D eigenvalue weighted by molar-refractivity contribution is 7.86. The van der Waals surface area contributed by atoms with Crippen LogP contribution in [0.15, 0.2) is 12.2 Å². The summed E-state index contributed by atoms with van der Waals surface area (Å²) in [7, 11) is -4.48. The van der Waals surface area contributed by atoms with Crippen LogP contribution in [-0.2, 0) is 29.2 Å². The standard InChI is InChI=1S/C20H36O7S/c1-3-5-6-7-8-9-10-11-12-13-14-17-26-18(21)15-16-19(22)27-20(4-2)28(23,24)25/h15-16,20H,3-14,17H2,1-2H3,(H,23,24,25)/b16-15-.